The molecule has 4 heteroatoms. The number of anilines is 1. The van der Waals surface area contributed by atoms with Gasteiger partial charge in [-0.3, -0.25) is 0 Å². The molecule has 1 aromatic heterocycles. The highest BCUT2D eigenvalue weighted by molar-refractivity contribution is 14.1. The molecule has 0 aliphatic carbocycles. The van der Waals surface area contributed by atoms with Crippen molar-refractivity contribution in [2.24, 2.45) is 0 Å². The molecule has 2 N–H and O–H groups in total. The molecule has 0 saturated carbocycles. The Balaban J connectivity index is 2.84. The quantitative estimate of drug-likeness (QED) is 0.626. The molecule has 13 heavy (non-hydrogen) atoms. The van der Waals surface area contributed by atoms with E-state index in [1.807, 2.05) is 12.1 Å². The standard InChI is InChI=1S/C9H7ClINS/c10-4-5-2-1-3-6-7(11)9(12)13-8(5)6/h1-3H,4,12H2. The summed E-state index contributed by atoms with van der Waals surface area (Å²) in [5.41, 5.74) is 7.01. The van der Waals surface area contributed by atoms with Crippen LogP contribution in [0.25, 0.3) is 10.1 Å². The first-order valence-electron chi connectivity index (χ1n) is 3.75. The molecule has 0 spiro atoms. The van der Waals surface area contributed by atoms with Crippen LogP contribution in [0.1, 0.15) is 5.56 Å². The molecule has 0 fully saturated rings. The molecule has 0 aliphatic rings. The van der Waals surface area contributed by atoms with Crippen molar-refractivity contribution in [1.82, 2.24) is 0 Å². The lowest BCUT2D eigenvalue weighted by atomic mass is 10.2. The van der Waals surface area contributed by atoms with Crippen LogP contribution in [0.5, 0.6) is 0 Å². The maximum absolute atomic E-state index is 5.84. The largest absolute Gasteiger partial charge is 0.390 e. The number of nitrogen functional groups attached to an aromatic ring is 1. The average Bonchev–Trinajstić information content (AvgIpc) is 2.43. The van der Waals surface area contributed by atoms with Crippen molar-refractivity contribution < 1.29 is 0 Å². The minimum Gasteiger partial charge on any atom is -0.390 e. The summed E-state index contributed by atoms with van der Waals surface area (Å²) in [5.74, 6) is 0.549. The maximum Gasteiger partial charge on any atom is 0.100 e. The lowest BCUT2D eigenvalue weighted by molar-refractivity contribution is 1.47. The van der Waals surface area contributed by atoms with Gasteiger partial charge in [-0.25, -0.2) is 0 Å². The molecule has 1 nitrogen and oxygen atoms in total. The van der Waals surface area contributed by atoms with Crippen molar-refractivity contribution in [1.29, 1.82) is 0 Å². The van der Waals surface area contributed by atoms with Gasteiger partial charge in [-0.15, -0.1) is 22.9 Å². The van der Waals surface area contributed by atoms with Gasteiger partial charge in [0.05, 0.1) is 3.57 Å². The average molecular weight is 324 g/mol. The van der Waals surface area contributed by atoms with Crippen molar-refractivity contribution >= 4 is 60.6 Å². The summed E-state index contributed by atoms with van der Waals surface area (Å²) in [5, 5.41) is 2.11. The first-order valence-corrected chi connectivity index (χ1v) is 6.18. The minimum absolute atomic E-state index is 0.549. The fraction of sp³-hybridized carbons (Fsp3) is 0.111. The minimum atomic E-state index is 0.549. The number of halogens is 2. The van der Waals surface area contributed by atoms with Crippen LogP contribution in [0.2, 0.25) is 0 Å². The molecule has 0 amide bonds. The predicted molar refractivity (Wildman–Crippen MR) is 68.5 cm³/mol. The third kappa shape index (κ3) is 1.53. The van der Waals surface area contributed by atoms with Gasteiger partial charge in [-0.2, -0.15) is 0 Å². The number of hydrogen-bond donors (Lipinski definition) is 1. The number of benzene rings is 1. The van der Waals surface area contributed by atoms with Crippen LogP contribution in [-0.2, 0) is 5.88 Å². The van der Waals surface area contributed by atoms with Crippen molar-refractivity contribution in [3.63, 3.8) is 0 Å². The van der Waals surface area contributed by atoms with Crippen molar-refractivity contribution in [2.75, 3.05) is 5.73 Å². The lowest BCUT2D eigenvalue weighted by Crippen LogP contribution is -1.80. The van der Waals surface area contributed by atoms with Crippen LogP contribution in [0.15, 0.2) is 18.2 Å². The van der Waals surface area contributed by atoms with E-state index in [1.54, 1.807) is 11.3 Å². The zero-order chi connectivity index (χ0) is 9.42. The van der Waals surface area contributed by atoms with E-state index in [2.05, 4.69) is 28.7 Å². The number of hydrogen-bond acceptors (Lipinski definition) is 2. The molecule has 0 bridgehead atoms. The summed E-state index contributed by atoms with van der Waals surface area (Å²) in [6, 6.07) is 6.15. The molecule has 2 rings (SSSR count). The molecule has 1 heterocycles. The van der Waals surface area contributed by atoms with Gasteiger partial charge in [0.25, 0.3) is 0 Å². The second-order valence-electron chi connectivity index (χ2n) is 2.71. The molecule has 0 unspecified atom stereocenters. The Morgan fingerprint density at radius 2 is 2.23 bits per heavy atom. The number of thiophene rings is 1. The monoisotopic (exact) mass is 323 g/mol. The van der Waals surface area contributed by atoms with Crippen LogP contribution in [0.4, 0.5) is 5.00 Å². The van der Waals surface area contributed by atoms with Gasteiger partial charge in [-0.1, -0.05) is 18.2 Å². The maximum atomic E-state index is 5.84. The van der Waals surface area contributed by atoms with Crippen molar-refractivity contribution in [3.05, 3.63) is 27.3 Å². The van der Waals surface area contributed by atoms with Crippen LogP contribution >= 0.6 is 45.5 Å². The lowest BCUT2D eigenvalue weighted by Gasteiger charge is -1.96. The Hall–Kier alpha value is -0.000000000000000111. The molecule has 2 aromatic rings. The fourth-order valence-corrected chi connectivity index (χ4v) is 3.51. The second kappa shape index (κ2) is 3.63. The zero-order valence-electron chi connectivity index (χ0n) is 6.68. The molecule has 1 aromatic carbocycles. The summed E-state index contributed by atoms with van der Waals surface area (Å²) in [4.78, 5) is 0. The van der Waals surface area contributed by atoms with E-state index < -0.39 is 0 Å². The summed E-state index contributed by atoms with van der Waals surface area (Å²) in [6.45, 7) is 0. The van der Waals surface area contributed by atoms with Gasteiger partial charge < -0.3 is 5.73 Å². The van der Waals surface area contributed by atoms with E-state index in [-0.39, 0.29) is 0 Å². The zero-order valence-corrected chi connectivity index (χ0v) is 10.4. The van der Waals surface area contributed by atoms with Gasteiger partial charge in [0, 0.05) is 16.0 Å². The normalized spacial score (nSPS) is 10.9. The third-order valence-electron chi connectivity index (χ3n) is 1.91. The topological polar surface area (TPSA) is 26.0 Å². The van der Waals surface area contributed by atoms with Gasteiger partial charge in [0.2, 0.25) is 0 Å². The van der Waals surface area contributed by atoms with Gasteiger partial charge in [-0.05, 0) is 28.2 Å². The number of nitrogens with two attached hydrogens (primary N) is 1. The molecular formula is C9H7ClINS. The fourth-order valence-electron chi connectivity index (χ4n) is 1.27. The summed E-state index contributed by atoms with van der Waals surface area (Å²) in [6.07, 6.45) is 0. The van der Waals surface area contributed by atoms with E-state index >= 15 is 0 Å². The van der Waals surface area contributed by atoms with Crippen LogP contribution in [0, 0.1) is 3.57 Å². The Labute approximate surface area is 99.0 Å². The van der Waals surface area contributed by atoms with E-state index in [0.717, 1.165) is 8.57 Å². The predicted octanol–water partition coefficient (Wildman–Crippen LogP) is 3.83. The van der Waals surface area contributed by atoms with Crippen molar-refractivity contribution in [2.45, 2.75) is 5.88 Å². The highest BCUT2D eigenvalue weighted by Crippen LogP contribution is 2.36. The van der Waals surface area contributed by atoms with E-state index in [1.165, 1.54) is 15.6 Å². The van der Waals surface area contributed by atoms with E-state index in [9.17, 15) is 0 Å². The molecular weight excluding hydrogens is 317 g/mol. The molecule has 0 radical (unpaired) electrons. The van der Waals surface area contributed by atoms with E-state index in [4.69, 9.17) is 17.3 Å². The number of alkyl halides is 1. The van der Waals surface area contributed by atoms with Crippen LogP contribution in [0.3, 0.4) is 0 Å². The number of rotatable bonds is 1. The SMILES string of the molecule is Nc1sc2c(CCl)cccc2c1I. The Morgan fingerprint density at radius 1 is 1.46 bits per heavy atom. The highest BCUT2D eigenvalue weighted by atomic mass is 127. The van der Waals surface area contributed by atoms with Gasteiger partial charge >= 0.3 is 0 Å². The van der Waals surface area contributed by atoms with Gasteiger partial charge in [0.1, 0.15) is 5.00 Å². The Morgan fingerprint density at radius 3 is 2.92 bits per heavy atom. The van der Waals surface area contributed by atoms with E-state index in [0.29, 0.717) is 5.88 Å². The highest BCUT2D eigenvalue weighted by Gasteiger charge is 2.09. The van der Waals surface area contributed by atoms with Gasteiger partial charge in [0.15, 0.2) is 0 Å². The molecule has 68 valence electrons. The van der Waals surface area contributed by atoms with Crippen molar-refractivity contribution in [3.8, 4) is 0 Å². The van der Waals surface area contributed by atoms with Crippen LogP contribution in [-0.4, -0.2) is 0 Å². The summed E-state index contributed by atoms with van der Waals surface area (Å²) >= 11 is 9.72. The first-order chi connectivity index (χ1) is 6.24. The third-order valence-corrected chi connectivity index (χ3v) is 4.83. The molecule has 0 saturated heterocycles. The van der Waals surface area contributed by atoms with Crippen LogP contribution < -0.4 is 5.73 Å². The molecule has 0 aliphatic heterocycles. The molecule has 0 atom stereocenters. The smallest absolute Gasteiger partial charge is 0.100 e. The summed E-state index contributed by atoms with van der Waals surface area (Å²) in [7, 11) is 0. The number of fused-ring (bicyclic) bond motifs is 1. The first kappa shape index (κ1) is 9.55. The Kier molecular flexibility index (Phi) is 2.67. The Bertz CT molecular complexity index is 452. The summed E-state index contributed by atoms with van der Waals surface area (Å²) < 4.78 is 2.36. The second-order valence-corrected chi connectivity index (χ2v) is 5.11.